The molecule has 118 valence electrons. The molecule has 3 rings (SSSR count). The summed E-state index contributed by atoms with van der Waals surface area (Å²) in [5.41, 5.74) is 0.906. The first-order valence-corrected chi connectivity index (χ1v) is 8.53. The average Bonchev–Trinajstić information content (AvgIpc) is 3.19. The minimum Gasteiger partial charge on any atom is -0.351 e. The zero-order valence-corrected chi connectivity index (χ0v) is 14.0. The van der Waals surface area contributed by atoms with E-state index in [2.05, 4.69) is 17.1 Å². The molecule has 3 heterocycles. The van der Waals surface area contributed by atoms with Gasteiger partial charge in [-0.05, 0) is 18.8 Å². The topological polar surface area (TPSA) is 59.2 Å². The molecule has 0 aromatic carbocycles. The van der Waals surface area contributed by atoms with E-state index in [4.69, 9.17) is 4.52 Å². The van der Waals surface area contributed by atoms with Crippen molar-refractivity contribution in [2.24, 2.45) is 0 Å². The van der Waals surface area contributed by atoms with Gasteiger partial charge in [-0.15, -0.1) is 11.3 Å². The number of nitrogens with zero attached hydrogens (tertiary/aromatic N) is 3. The summed E-state index contributed by atoms with van der Waals surface area (Å²) in [4.78, 5) is 18.8. The lowest BCUT2D eigenvalue weighted by Gasteiger charge is -2.37. The standard InChI is InChI=1S/C16H21N3O2S/c1-11(2)12-10-13(21-18-12)14(20)19-7-4-16(3,5-8-19)15-17-6-9-22-15/h6,9-11H,4-5,7-8H2,1-3H3. The quantitative estimate of drug-likeness (QED) is 0.869. The molecule has 5 nitrogen and oxygen atoms in total. The SMILES string of the molecule is CC(C)c1cc(C(=O)N2CCC(C)(c3nccs3)CC2)on1. The molecule has 0 aliphatic carbocycles. The third-order valence-corrected chi connectivity index (χ3v) is 5.51. The highest BCUT2D eigenvalue weighted by molar-refractivity contribution is 7.09. The molecule has 2 aromatic heterocycles. The molecule has 0 bridgehead atoms. The van der Waals surface area contributed by atoms with Gasteiger partial charge in [-0.1, -0.05) is 25.9 Å². The van der Waals surface area contributed by atoms with Crippen molar-refractivity contribution in [1.82, 2.24) is 15.0 Å². The number of hydrogen-bond donors (Lipinski definition) is 0. The van der Waals surface area contributed by atoms with E-state index in [9.17, 15) is 4.79 Å². The Kier molecular flexibility index (Phi) is 4.04. The van der Waals surface area contributed by atoms with Crippen LogP contribution in [0, 0.1) is 0 Å². The summed E-state index contributed by atoms with van der Waals surface area (Å²) >= 11 is 1.70. The van der Waals surface area contributed by atoms with Crippen molar-refractivity contribution in [3.63, 3.8) is 0 Å². The number of piperidine rings is 1. The molecule has 6 heteroatoms. The van der Waals surface area contributed by atoms with Gasteiger partial charge >= 0.3 is 0 Å². The van der Waals surface area contributed by atoms with Crippen LogP contribution in [0.3, 0.4) is 0 Å². The number of carbonyl (C=O) groups is 1. The molecule has 0 radical (unpaired) electrons. The van der Waals surface area contributed by atoms with E-state index in [0.29, 0.717) is 5.76 Å². The fraction of sp³-hybridized carbons (Fsp3) is 0.562. The highest BCUT2D eigenvalue weighted by Gasteiger charge is 2.36. The van der Waals surface area contributed by atoms with E-state index < -0.39 is 0 Å². The van der Waals surface area contributed by atoms with Gasteiger partial charge in [0, 0.05) is 36.1 Å². The van der Waals surface area contributed by atoms with Crippen LogP contribution in [0.2, 0.25) is 0 Å². The van der Waals surface area contributed by atoms with Crippen molar-refractivity contribution in [1.29, 1.82) is 0 Å². The minimum absolute atomic E-state index is 0.0550. The van der Waals surface area contributed by atoms with Crippen molar-refractivity contribution >= 4 is 17.2 Å². The molecule has 1 amide bonds. The Morgan fingerprint density at radius 3 is 2.68 bits per heavy atom. The Balaban J connectivity index is 1.67. The highest BCUT2D eigenvalue weighted by atomic mass is 32.1. The van der Waals surface area contributed by atoms with Crippen LogP contribution in [0.25, 0.3) is 0 Å². The zero-order valence-electron chi connectivity index (χ0n) is 13.2. The molecule has 0 unspecified atom stereocenters. The number of likely N-dealkylation sites (tertiary alicyclic amines) is 1. The molecule has 1 fully saturated rings. The van der Waals surface area contributed by atoms with Crippen LogP contribution in [0.1, 0.15) is 60.8 Å². The predicted molar refractivity (Wildman–Crippen MR) is 85.2 cm³/mol. The normalized spacial score (nSPS) is 17.9. The molecule has 0 atom stereocenters. The van der Waals surface area contributed by atoms with Gasteiger partial charge in [0.05, 0.1) is 10.7 Å². The molecule has 1 saturated heterocycles. The van der Waals surface area contributed by atoms with Crippen LogP contribution in [0.4, 0.5) is 0 Å². The van der Waals surface area contributed by atoms with Crippen LogP contribution < -0.4 is 0 Å². The molecular weight excluding hydrogens is 298 g/mol. The summed E-state index contributed by atoms with van der Waals surface area (Å²) in [5.74, 6) is 0.557. The fourth-order valence-corrected chi connectivity index (χ4v) is 3.62. The highest BCUT2D eigenvalue weighted by Crippen LogP contribution is 2.36. The summed E-state index contributed by atoms with van der Waals surface area (Å²) in [5, 5.41) is 7.15. The van der Waals surface area contributed by atoms with Crippen LogP contribution >= 0.6 is 11.3 Å². The largest absolute Gasteiger partial charge is 0.351 e. The van der Waals surface area contributed by atoms with Gasteiger partial charge in [0.2, 0.25) is 5.76 Å². The molecule has 22 heavy (non-hydrogen) atoms. The van der Waals surface area contributed by atoms with Crippen LogP contribution in [-0.2, 0) is 5.41 Å². The molecule has 1 aliphatic heterocycles. The Morgan fingerprint density at radius 1 is 1.41 bits per heavy atom. The summed E-state index contributed by atoms with van der Waals surface area (Å²) in [6.07, 6.45) is 3.71. The number of hydrogen-bond acceptors (Lipinski definition) is 5. The lowest BCUT2D eigenvalue weighted by atomic mass is 9.81. The Bertz CT molecular complexity index is 640. The maximum atomic E-state index is 12.5. The minimum atomic E-state index is -0.0550. The molecular formula is C16H21N3O2S. The van der Waals surface area contributed by atoms with Crippen molar-refractivity contribution in [2.45, 2.75) is 44.9 Å². The van der Waals surface area contributed by atoms with E-state index in [1.807, 2.05) is 30.3 Å². The van der Waals surface area contributed by atoms with E-state index in [1.165, 1.54) is 5.01 Å². The monoisotopic (exact) mass is 319 g/mol. The van der Waals surface area contributed by atoms with Crippen molar-refractivity contribution in [3.05, 3.63) is 34.1 Å². The fourth-order valence-electron chi connectivity index (χ4n) is 2.76. The lowest BCUT2D eigenvalue weighted by Crippen LogP contribution is -2.43. The van der Waals surface area contributed by atoms with Gasteiger partial charge in [-0.25, -0.2) is 4.98 Å². The number of rotatable bonds is 3. The predicted octanol–water partition coefficient (Wildman–Crippen LogP) is 3.45. The smallest absolute Gasteiger partial charge is 0.292 e. The first-order chi connectivity index (χ1) is 10.5. The second-order valence-electron chi connectivity index (χ2n) is 6.46. The van der Waals surface area contributed by atoms with Gasteiger partial charge in [0.15, 0.2) is 0 Å². The number of amides is 1. The van der Waals surface area contributed by atoms with Crippen LogP contribution in [0.5, 0.6) is 0 Å². The van der Waals surface area contributed by atoms with Crippen LogP contribution in [-0.4, -0.2) is 34.0 Å². The maximum absolute atomic E-state index is 12.5. The van der Waals surface area contributed by atoms with E-state index in [1.54, 1.807) is 17.4 Å². The van der Waals surface area contributed by atoms with Crippen LogP contribution in [0.15, 0.2) is 22.2 Å². The van der Waals surface area contributed by atoms with Gasteiger partial charge in [-0.3, -0.25) is 4.79 Å². The Labute approximate surface area is 134 Å². The van der Waals surface area contributed by atoms with Crippen molar-refractivity contribution < 1.29 is 9.32 Å². The maximum Gasteiger partial charge on any atom is 0.292 e. The van der Waals surface area contributed by atoms with E-state index in [-0.39, 0.29) is 17.2 Å². The third-order valence-electron chi connectivity index (χ3n) is 4.43. The third kappa shape index (κ3) is 2.79. The Hall–Kier alpha value is -1.69. The second-order valence-corrected chi connectivity index (χ2v) is 7.36. The number of thiazole rings is 1. The summed E-state index contributed by atoms with van der Waals surface area (Å²) in [7, 11) is 0. The van der Waals surface area contributed by atoms with E-state index >= 15 is 0 Å². The molecule has 0 spiro atoms. The Morgan fingerprint density at radius 2 is 2.14 bits per heavy atom. The average molecular weight is 319 g/mol. The summed E-state index contributed by atoms with van der Waals surface area (Å²) in [6, 6.07) is 1.77. The molecule has 0 saturated carbocycles. The van der Waals surface area contributed by atoms with Crippen molar-refractivity contribution in [2.75, 3.05) is 13.1 Å². The molecule has 0 N–H and O–H groups in total. The molecule has 2 aromatic rings. The number of carbonyl (C=O) groups excluding carboxylic acids is 1. The zero-order chi connectivity index (χ0) is 15.7. The summed E-state index contributed by atoms with van der Waals surface area (Å²) < 4.78 is 5.21. The van der Waals surface area contributed by atoms with E-state index in [0.717, 1.165) is 31.6 Å². The van der Waals surface area contributed by atoms with Gasteiger partial charge < -0.3 is 9.42 Å². The molecule has 1 aliphatic rings. The summed E-state index contributed by atoms with van der Waals surface area (Å²) in [6.45, 7) is 7.76. The van der Waals surface area contributed by atoms with Crippen molar-refractivity contribution in [3.8, 4) is 0 Å². The first kappa shape index (κ1) is 15.2. The lowest BCUT2D eigenvalue weighted by molar-refractivity contribution is 0.0634. The first-order valence-electron chi connectivity index (χ1n) is 7.65. The second kappa shape index (κ2) is 5.83. The van der Waals surface area contributed by atoms with Gasteiger partial charge in [0.1, 0.15) is 0 Å². The van der Waals surface area contributed by atoms with Gasteiger partial charge in [-0.2, -0.15) is 0 Å². The van der Waals surface area contributed by atoms with Gasteiger partial charge in [0.25, 0.3) is 5.91 Å². The number of aromatic nitrogens is 2.